The zero-order valence-corrected chi connectivity index (χ0v) is 24.7. The van der Waals surface area contributed by atoms with Gasteiger partial charge in [-0.2, -0.15) is 0 Å². The van der Waals surface area contributed by atoms with E-state index in [1.54, 1.807) is 16.2 Å². The van der Waals surface area contributed by atoms with Crippen LogP contribution in [0.4, 0.5) is 0 Å². The highest BCUT2D eigenvalue weighted by atomic mass is 35.5. The Kier molecular flexibility index (Phi) is 11.9. The largest absolute Gasteiger partial charge is 0.481 e. The molecule has 0 spiro atoms. The van der Waals surface area contributed by atoms with Crippen molar-refractivity contribution in [1.82, 2.24) is 4.90 Å². The summed E-state index contributed by atoms with van der Waals surface area (Å²) in [5, 5.41) is 51.0. The molecule has 12 heteroatoms. The van der Waals surface area contributed by atoms with Crippen molar-refractivity contribution in [2.24, 2.45) is 0 Å². The molecule has 5 N–H and O–H groups in total. The number of amides is 1. The smallest absolute Gasteiger partial charge is 0.303 e. The van der Waals surface area contributed by atoms with E-state index < -0.39 is 49.4 Å². The monoisotopic (exact) mass is 623 g/mol. The molecule has 1 amide bonds. The quantitative estimate of drug-likeness (QED) is 0.158. The van der Waals surface area contributed by atoms with Gasteiger partial charge in [0.1, 0.15) is 24.4 Å². The zero-order valence-electron chi connectivity index (χ0n) is 23.1. The summed E-state index contributed by atoms with van der Waals surface area (Å²) >= 11 is 8.24. The van der Waals surface area contributed by atoms with Gasteiger partial charge in [-0.05, 0) is 38.2 Å². The number of hydrogen-bond donors (Lipinski definition) is 5. The first kappa shape index (κ1) is 32.6. The number of carboxylic acid groups (broad SMARTS) is 1. The van der Waals surface area contributed by atoms with Crippen LogP contribution in [0.2, 0.25) is 5.02 Å². The van der Waals surface area contributed by atoms with E-state index >= 15 is 0 Å². The van der Waals surface area contributed by atoms with Crippen LogP contribution in [0.3, 0.4) is 0 Å². The third-order valence-corrected chi connectivity index (χ3v) is 9.34. The minimum Gasteiger partial charge on any atom is -0.481 e. The summed E-state index contributed by atoms with van der Waals surface area (Å²) in [7, 11) is 0. The number of hydrogen-bond acceptors (Lipinski definition) is 9. The molecule has 7 atom stereocenters. The zero-order chi connectivity index (χ0) is 30.2. The van der Waals surface area contributed by atoms with Gasteiger partial charge in [0.25, 0.3) is 0 Å². The van der Waals surface area contributed by atoms with E-state index in [1.165, 1.54) is 0 Å². The molecule has 2 aliphatic heterocycles. The SMILES string of the molecule is O=C(O)CCCC=CCN1C(=O)CC[C@@H]1C=CC(CCc1sc2ccccc2c1Cl)O[C@@H]1OC(CO)[C@@H](O)[C@H](O)C1O. The number of halogens is 1. The first-order valence-electron chi connectivity index (χ1n) is 14.2. The number of nitrogens with zero attached hydrogens (tertiary/aromatic N) is 1. The van der Waals surface area contributed by atoms with Crippen molar-refractivity contribution in [1.29, 1.82) is 0 Å². The number of likely N-dealkylation sites (tertiary alicyclic amines) is 1. The third kappa shape index (κ3) is 8.18. The van der Waals surface area contributed by atoms with Crippen molar-refractivity contribution in [3.05, 3.63) is 58.5 Å². The Morgan fingerprint density at radius 2 is 1.98 bits per heavy atom. The van der Waals surface area contributed by atoms with Gasteiger partial charge < -0.3 is 39.9 Å². The summed E-state index contributed by atoms with van der Waals surface area (Å²) in [5.74, 6) is -0.818. The lowest BCUT2D eigenvalue weighted by Gasteiger charge is -2.40. The Morgan fingerprint density at radius 1 is 1.19 bits per heavy atom. The fraction of sp³-hybridized carbons (Fsp3) is 0.533. The maximum atomic E-state index is 12.6. The van der Waals surface area contributed by atoms with E-state index in [2.05, 4.69) is 0 Å². The number of aliphatic carboxylic acids is 1. The van der Waals surface area contributed by atoms with Crippen molar-refractivity contribution in [2.75, 3.05) is 13.2 Å². The van der Waals surface area contributed by atoms with Crippen molar-refractivity contribution in [3.8, 4) is 0 Å². The fourth-order valence-electron chi connectivity index (χ4n) is 5.18. The van der Waals surface area contributed by atoms with Gasteiger partial charge in [-0.25, -0.2) is 0 Å². The van der Waals surface area contributed by atoms with Crippen LogP contribution >= 0.6 is 22.9 Å². The molecule has 0 radical (unpaired) electrons. The van der Waals surface area contributed by atoms with E-state index in [1.807, 2.05) is 48.6 Å². The first-order chi connectivity index (χ1) is 20.2. The summed E-state index contributed by atoms with van der Waals surface area (Å²) in [6.07, 6.45) is 3.12. The van der Waals surface area contributed by atoms with Crippen LogP contribution in [-0.4, -0.2) is 98.3 Å². The first-order valence-corrected chi connectivity index (χ1v) is 15.4. The maximum Gasteiger partial charge on any atom is 0.303 e. The van der Waals surface area contributed by atoms with Crippen LogP contribution in [0.1, 0.15) is 43.4 Å². The Labute approximate surface area is 253 Å². The third-order valence-electron chi connectivity index (χ3n) is 7.57. The van der Waals surface area contributed by atoms with Gasteiger partial charge in [0.2, 0.25) is 5.91 Å². The molecule has 2 fully saturated rings. The molecular weight excluding hydrogens is 586 g/mol. The van der Waals surface area contributed by atoms with Crippen LogP contribution in [0.25, 0.3) is 10.1 Å². The Hall–Kier alpha value is -2.35. The molecule has 42 heavy (non-hydrogen) atoms. The van der Waals surface area contributed by atoms with Crippen LogP contribution in [0, 0.1) is 0 Å². The molecule has 4 rings (SSSR count). The lowest BCUT2D eigenvalue weighted by Crippen LogP contribution is -2.59. The Balaban J connectivity index is 1.47. The predicted molar refractivity (Wildman–Crippen MR) is 158 cm³/mol. The number of aryl methyl sites for hydroxylation is 1. The molecule has 3 unspecified atom stereocenters. The number of benzene rings is 1. The molecule has 3 heterocycles. The number of rotatable bonds is 14. The summed E-state index contributed by atoms with van der Waals surface area (Å²) in [6, 6.07) is 7.66. The lowest BCUT2D eigenvalue weighted by atomic mass is 9.99. The van der Waals surface area contributed by atoms with Gasteiger partial charge in [-0.1, -0.05) is 54.1 Å². The molecule has 2 saturated heterocycles. The Morgan fingerprint density at radius 3 is 2.71 bits per heavy atom. The molecule has 0 saturated carbocycles. The summed E-state index contributed by atoms with van der Waals surface area (Å²) < 4.78 is 12.8. The fourth-order valence-corrected chi connectivity index (χ4v) is 6.73. The van der Waals surface area contributed by atoms with Gasteiger partial charge in [0.05, 0.1) is 23.8 Å². The van der Waals surface area contributed by atoms with Crippen LogP contribution in [-0.2, 0) is 25.5 Å². The van der Waals surface area contributed by atoms with Crippen molar-refractivity contribution in [3.63, 3.8) is 0 Å². The molecule has 1 aromatic heterocycles. The Bertz CT molecular complexity index is 1260. The summed E-state index contributed by atoms with van der Waals surface area (Å²) in [4.78, 5) is 26.0. The number of carbonyl (C=O) groups is 2. The van der Waals surface area contributed by atoms with Crippen LogP contribution < -0.4 is 0 Å². The van der Waals surface area contributed by atoms with E-state index in [4.69, 9.17) is 26.2 Å². The number of carboxylic acids is 1. The second-order valence-corrected chi connectivity index (χ2v) is 12.1. The predicted octanol–water partition coefficient (Wildman–Crippen LogP) is 3.03. The van der Waals surface area contributed by atoms with E-state index in [-0.39, 0.29) is 18.4 Å². The number of aliphatic hydroxyl groups is 4. The average Bonchev–Trinajstić information content (AvgIpc) is 3.50. The summed E-state index contributed by atoms with van der Waals surface area (Å²) in [6.45, 7) is -0.164. The minimum atomic E-state index is -1.56. The van der Waals surface area contributed by atoms with Crippen molar-refractivity contribution >= 4 is 44.9 Å². The van der Waals surface area contributed by atoms with E-state index in [0.717, 1.165) is 15.0 Å². The van der Waals surface area contributed by atoms with Gasteiger partial charge >= 0.3 is 5.97 Å². The highest BCUT2D eigenvalue weighted by Gasteiger charge is 2.44. The molecule has 10 nitrogen and oxygen atoms in total. The number of unbranched alkanes of at least 4 members (excludes halogenated alkanes) is 1. The number of aliphatic hydroxyl groups excluding tert-OH is 4. The normalized spacial score (nSPS) is 27.5. The standard InChI is InChI=1S/C30H38ClNO9S/c31-26-20-7-4-5-8-22(20)42-23(26)14-13-19(40-30-29(39)28(38)27(37)21(17-33)41-30)12-10-18-11-15-24(34)32(18)16-6-2-1-3-9-25(35)36/h2,4-8,10,12,18-19,21,27-30,33,37-39H,1,3,9,11,13-17H2,(H,35,36)/t18-,19?,21?,27+,28-,29?,30+/m0/s1. The molecule has 230 valence electrons. The van der Waals surface area contributed by atoms with E-state index in [0.29, 0.717) is 50.1 Å². The molecule has 0 aliphatic carbocycles. The second-order valence-electron chi connectivity index (χ2n) is 10.5. The summed E-state index contributed by atoms with van der Waals surface area (Å²) in [5.41, 5.74) is 0. The number of carbonyl (C=O) groups excluding carboxylic acids is 1. The topological polar surface area (TPSA) is 157 Å². The maximum absolute atomic E-state index is 12.6. The van der Waals surface area contributed by atoms with Crippen molar-refractivity contribution < 1.29 is 44.6 Å². The van der Waals surface area contributed by atoms with Crippen molar-refractivity contribution in [2.45, 2.75) is 87.8 Å². The molecular formula is C30H38ClNO9S. The van der Waals surface area contributed by atoms with Gasteiger partial charge in [0, 0.05) is 34.3 Å². The average molecular weight is 624 g/mol. The lowest BCUT2D eigenvalue weighted by molar-refractivity contribution is -0.307. The van der Waals surface area contributed by atoms with E-state index in [9.17, 15) is 30.0 Å². The highest BCUT2D eigenvalue weighted by molar-refractivity contribution is 7.19. The van der Waals surface area contributed by atoms with Crippen LogP contribution in [0.15, 0.2) is 48.6 Å². The highest BCUT2D eigenvalue weighted by Crippen LogP contribution is 2.36. The molecule has 2 aromatic rings. The number of allylic oxidation sites excluding steroid dienone is 1. The molecule has 2 aliphatic rings. The number of fused-ring (bicyclic) bond motifs is 1. The molecule has 0 bridgehead atoms. The van der Waals surface area contributed by atoms with Gasteiger partial charge in [0.15, 0.2) is 6.29 Å². The van der Waals surface area contributed by atoms with Gasteiger partial charge in [-0.3, -0.25) is 9.59 Å². The molecule has 1 aromatic carbocycles. The van der Waals surface area contributed by atoms with Crippen LogP contribution in [0.5, 0.6) is 0 Å². The second kappa shape index (κ2) is 15.4. The number of ether oxygens (including phenoxy) is 2. The number of thiophene rings is 1. The minimum absolute atomic E-state index is 0.0169. The van der Waals surface area contributed by atoms with Gasteiger partial charge in [-0.15, -0.1) is 11.3 Å².